The van der Waals surface area contributed by atoms with Crippen LogP contribution >= 0.6 is 0 Å². The summed E-state index contributed by atoms with van der Waals surface area (Å²) in [6.45, 7) is -0.0834. The Morgan fingerprint density at radius 2 is 1.79 bits per heavy atom. The highest BCUT2D eigenvalue weighted by Gasteiger charge is 2.40. The summed E-state index contributed by atoms with van der Waals surface area (Å²) >= 11 is 0. The summed E-state index contributed by atoms with van der Waals surface area (Å²) in [6.07, 6.45) is -0.0798. The summed E-state index contributed by atoms with van der Waals surface area (Å²) < 4.78 is 12.4. The van der Waals surface area contributed by atoms with E-state index in [0.29, 0.717) is 6.42 Å². The fraction of sp³-hybridized carbons (Fsp3) is 0.333. The molecule has 3 heterocycles. The molecule has 2 aromatic rings. The molecule has 0 aliphatic carbocycles. The van der Waals surface area contributed by atoms with Crippen LogP contribution in [0.2, 0.25) is 0 Å². The van der Waals surface area contributed by atoms with Gasteiger partial charge < -0.3 is 9.47 Å². The number of methoxy groups -OCH3 is 1. The minimum Gasteiger partial charge on any atom is -0.377 e. The lowest BCUT2D eigenvalue weighted by Gasteiger charge is -2.19. The molecule has 3 atom stereocenters. The van der Waals surface area contributed by atoms with Crippen molar-refractivity contribution in [3.05, 3.63) is 68.5 Å². The van der Waals surface area contributed by atoms with Gasteiger partial charge in [-0.05, 0) is 12.1 Å². The first-order valence-corrected chi connectivity index (χ1v) is 8.60. The van der Waals surface area contributed by atoms with Crippen molar-refractivity contribution >= 4 is 11.8 Å². The van der Waals surface area contributed by atoms with Gasteiger partial charge in [-0.15, -0.1) is 5.06 Å². The quantitative estimate of drug-likeness (QED) is 0.721. The van der Waals surface area contributed by atoms with Crippen molar-refractivity contribution in [2.45, 2.75) is 24.9 Å². The molecule has 0 bridgehead atoms. The number of nitrogens with one attached hydrogen (secondary N) is 1. The first kappa shape index (κ1) is 18.3. The standard InChI is InChI=1S/C18H17N3O7/c1-26-13-8-10(28-17(13)20-7-6-14(22)19-18(20)25)9-27-21-15(23)11-4-2-3-5-12(11)16(21)24/h2-7,10,13,17H,8-9H2,1H3,(H,19,22,25)/t10-,13?,17+/m0/s1. The molecular weight excluding hydrogens is 370 g/mol. The highest BCUT2D eigenvalue weighted by atomic mass is 16.7. The number of benzene rings is 1. The summed E-state index contributed by atoms with van der Waals surface area (Å²) in [5, 5.41) is 0.718. The molecule has 4 rings (SSSR count). The van der Waals surface area contributed by atoms with Crippen molar-refractivity contribution in [1.82, 2.24) is 14.6 Å². The molecule has 1 fully saturated rings. The Morgan fingerprint density at radius 1 is 1.11 bits per heavy atom. The summed E-state index contributed by atoms with van der Waals surface area (Å²) in [7, 11) is 1.48. The maximum absolute atomic E-state index is 12.3. The van der Waals surface area contributed by atoms with Crippen molar-refractivity contribution in [2.75, 3.05) is 13.7 Å². The fourth-order valence-corrected chi connectivity index (χ4v) is 3.35. The number of aromatic amines is 1. The lowest BCUT2D eigenvalue weighted by molar-refractivity contribution is -0.134. The zero-order chi connectivity index (χ0) is 19.8. The normalized spacial score (nSPS) is 24.0. The fourth-order valence-electron chi connectivity index (χ4n) is 3.35. The number of hydrogen-bond acceptors (Lipinski definition) is 7. The SMILES string of the molecule is COC1C[C@@H](CON2C(=O)c3ccccc3C2=O)O[C@H]1n1ccc(=O)[nH]c1=O. The second-order valence-electron chi connectivity index (χ2n) is 6.42. The average Bonchev–Trinajstić information content (AvgIpc) is 3.20. The van der Waals surface area contributed by atoms with Gasteiger partial charge in [0, 0.05) is 25.8 Å². The topological polar surface area (TPSA) is 120 Å². The Labute approximate surface area is 158 Å². The molecule has 146 valence electrons. The molecule has 28 heavy (non-hydrogen) atoms. The van der Waals surface area contributed by atoms with Gasteiger partial charge in [-0.1, -0.05) is 12.1 Å². The molecular formula is C18H17N3O7. The van der Waals surface area contributed by atoms with Crippen molar-refractivity contribution < 1.29 is 23.9 Å². The van der Waals surface area contributed by atoms with Gasteiger partial charge in [0.1, 0.15) is 12.7 Å². The number of carbonyl (C=O) groups excluding carboxylic acids is 2. The number of amides is 2. The van der Waals surface area contributed by atoms with Gasteiger partial charge in [0.25, 0.3) is 17.4 Å². The molecule has 2 aliphatic rings. The number of hydrogen-bond donors (Lipinski definition) is 1. The second kappa shape index (κ2) is 7.15. The van der Waals surface area contributed by atoms with E-state index in [1.165, 1.54) is 23.9 Å². The largest absolute Gasteiger partial charge is 0.377 e. The molecule has 1 aromatic carbocycles. The van der Waals surface area contributed by atoms with E-state index in [4.69, 9.17) is 14.3 Å². The number of rotatable bonds is 5. The van der Waals surface area contributed by atoms with Crippen molar-refractivity contribution in [2.24, 2.45) is 0 Å². The molecule has 1 aromatic heterocycles. The Hall–Kier alpha value is -3.08. The average molecular weight is 387 g/mol. The molecule has 2 amide bonds. The van der Waals surface area contributed by atoms with E-state index in [9.17, 15) is 19.2 Å². The van der Waals surface area contributed by atoms with Crippen LogP contribution in [0, 0.1) is 0 Å². The van der Waals surface area contributed by atoms with Crippen LogP contribution < -0.4 is 11.2 Å². The number of ether oxygens (including phenoxy) is 2. The number of aromatic nitrogens is 2. The van der Waals surface area contributed by atoms with Crippen molar-refractivity contribution in [1.29, 1.82) is 0 Å². The smallest absolute Gasteiger partial charge is 0.330 e. The Kier molecular flexibility index (Phi) is 4.67. The number of fused-ring (bicyclic) bond motifs is 1. The maximum Gasteiger partial charge on any atom is 0.330 e. The molecule has 0 spiro atoms. The van der Waals surface area contributed by atoms with Crippen molar-refractivity contribution in [3.8, 4) is 0 Å². The molecule has 0 saturated carbocycles. The van der Waals surface area contributed by atoms with Gasteiger partial charge in [0.2, 0.25) is 0 Å². The Bertz CT molecular complexity index is 1010. The third-order valence-electron chi connectivity index (χ3n) is 4.72. The zero-order valence-corrected chi connectivity index (χ0v) is 14.9. The van der Waals surface area contributed by atoms with E-state index in [-0.39, 0.29) is 17.7 Å². The molecule has 1 saturated heterocycles. The third-order valence-corrected chi connectivity index (χ3v) is 4.72. The van der Waals surface area contributed by atoms with Crippen LogP contribution in [-0.2, 0) is 14.3 Å². The summed E-state index contributed by atoms with van der Waals surface area (Å²) in [5.41, 5.74) is -0.570. The van der Waals surface area contributed by atoms with Gasteiger partial charge in [0.15, 0.2) is 6.23 Å². The molecule has 1 unspecified atom stereocenters. The molecule has 10 nitrogen and oxygen atoms in total. The van der Waals surface area contributed by atoms with Gasteiger partial charge >= 0.3 is 5.69 Å². The van der Waals surface area contributed by atoms with Gasteiger partial charge in [-0.3, -0.25) is 28.8 Å². The van der Waals surface area contributed by atoms with E-state index in [1.807, 2.05) is 0 Å². The minimum absolute atomic E-state index is 0.0834. The van der Waals surface area contributed by atoms with Crippen LogP contribution in [0.5, 0.6) is 0 Å². The molecule has 0 radical (unpaired) electrons. The second-order valence-corrected chi connectivity index (χ2v) is 6.42. The summed E-state index contributed by atoms with van der Waals surface area (Å²) in [5.74, 6) is -1.06. The van der Waals surface area contributed by atoms with E-state index in [1.54, 1.807) is 24.3 Å². The van der Waals surface area contributed by atoms with Gasteiger partial charge in [-0.25, -0.2) is 4.79 Å². The molecule has 10 heteroatoms. The van der Waals surface area contributed by atoms with Crippen molar-refractivity contribution in [3.63, 3.8) is 0 Å². The Morgan fingerprint density at radius 3 is 2.39 bits per heavy atom. The molecule has 2 aliphatic heterocycles. The number of carbonyl (C=O) groups is 2. The van der Waals surface area contributed by atoms with Crippen LogP contribution in [0.4, 0.5) is 0 Å². The van der Waals surface area contributed by atoms with E-state index < -0.39 is 41.5 Å². The number of nitrogens with zero attached hydrogens (tertiary/aromatic N) is 2. The highest BCUT2D eigenvalue weighted by Crippen LogP contribution is 2.31. The lowest BCUT2D eigenvalue weighted by atomic mass is 10.1. The first-order valence-electron chi connectivity index (χ1n) is 8.60. The van der Waals surface area contributed by atoms with Crippen LogP contribution in [0.15, 0.2) is 46.1 Å². The van der Waals surface area contributed by atoms with E-state index in [2.05, 4.69) is 4.98 Å². The first-order chi connectivity index (χ1) is 13.5. The lowest BCUT2D eigenvalue weighted by Crippen LogP contribution is -2.35. The van der Waals surface area contributed by atoms with Crippen LogP contribution in [-0.4, -0.2) is 52.4 Å². The summed E-state index contributed by atoms with van der Waals surface area (Å²) in [6, 6.07) is 7.67. The third kappa shape index (κ3) is 3.07. The van der Waals surface area contributed by atoms with E-state index >= 15 is 0 Å². The number of hydroxylamine groups is 2. The Balaban J connectivity index is 1.45. The van der Waals surface area contributed by atoms with Gasteiger partial charge in [0.05, 0.1) is 17.2 Å². The predicted molar refractivity (Wildman–Crippen MR) is 93.5 cm³/mol. The zero-order valence-electron chi connectivity index (χ0n) is 14.9. The predicted octanol–water partition coefficient (Wildman–Crippen LogP) is 0.0669. The summed E-state index contributed by atoms with van der Waals surface area (Å²) in [4.78, 5) is 55.5. The number of H-pyrrole nitrogens is 1. The van der Waals surface area contributed by atoms with Crippen LogP contribution in [0.25, 0.3) is 0 Å². The minimum atomic E-state index is -0.773. The maximum atomic E-state index is 12.3. The highest BCUT2D eigenvalue weighted by molar-refractivity contribution is 6.20. The van der Waals surface area contributed by atoms with Crippen LogP contribution in [0.3, 0.4) is 0 Å². The number of imide groups is 1. The van der Waals surface area contributed by atoms with Crippen LogP contribution in [0.1, 0.15) is 33.4 Å². The van der Waals surface area contributed by atoms with E-state index in [0.717, 1.165) is 5.06 Å². The van der Waals surface area contributed by atoms with Gasteiger partial charge in [-0.2, -0.15) is 0 Å². The monoisotopic (exact) mass is 387 g/mol. The molecule has 1 N–H and O–H groups in total.